The molecule has 4 heteroatoms. The summed E-state index contributed by atoms with van der Waals surface area (Å²) in [5.41, 5.74) is 7.30. The van der Waals surface area contributed by atoms with Gasteiger partial charge in [-0.05, 0) is 42.8 Å². The van der Waals surface area contributed by atoms with Gasteiger partial charge in [-0.3, -0.25) is 0 Å². The number of halogens is 3. The summed E-state index contributed by atoms with van der Waals surface area (Å²) in [6.07, 6.45) is 0.687. The van der Waals surface area contributed by atoms with E-state index in [1.807, 2.05) is 6.07 Å². The molecule has 0 saturated carbocycles. The van der Waals surface area contributed by atoms with Gasteiger partial charge in [-0.25, -0.2) is 8.78 Å². The van der Waals surface area contributed by atoms with Crippen molar-refractivity contribution in [2.24, 2.45) is 5.73 Å². The lowest BCUT2D eigenvalue weighted by Crippen LogP contribution is -2.02. The molecule has 0 heterocycles. The van der Waals surface area contributed by atoms with Crippen LogP contribution in [0.1, 0.15) is 5.56 Å². The molecule has 0 bridgehead atoms. The maximum absolute atomic E-state index is 13.7. The number of hydrogen-bond donors (Lipinski definition) is 1. The molecule has 2 rings (SSSR count). The molecule has 0 spiro atoms. The van der Waals surface area contributed by atoms with Gasteiger partial charge in [-0.2, -0.15) is 0 Å². The Morgan fingerprint density at radius 1 is 1.00 bits per heavy atom. The van der Waals surface area contributed by atoms with E-state index in [0.717, 1.165) is 11.6 Å². The maximum Gasteiger partial charge on any atom is 0.133 e. The predicted molar refractivity (Wildman–Crippen MR) is 69.6 cm³/mol. The molecule has 0 aliphatic heterocycles. The summed E-state index contributed by atoms with van der Waals surface area (Å²) < 4.78 is 26.6. The fourth-order valence-corrected chi connectivity index (χ4v) is 2.03. The Bertz CT molecular complexity index is 570. The second-order valence-corrected chi connectivity index (χ2v) is 4.38. The summed E-state index contributed by atoms with van der Waals surface area (Å²) in [5.74, 6) is -1.23. The molecule has 0 atom stereocenters. The highest BCUT2D eigenvalue weighted by Gasteiger charge is 2.10. The van der Waals surface area contributed by atoms with E-state index in [4.69, 9.17) is 17.3 Å². The van der Waals surface area contributed by atoms with Crippen molar-refractivity contribution in [1.29, 1.82) is 0 Å². The third-order valence-electron chi connectivity index (χ3n) is 2.69. The third kappa shape index (κ3) is 2.68. The van der Waals surface area contributed by atoms with Crippen molar-refractivity contribution in [1.82, 2.24) is 0 Å². The Hall–Kier alpha value is -1.45. The van der Waals surface area contributed by atoms with Crippen molar-refractivity contribution in [2.45, 2.75) is 6.42 Å². The molecule has 0 aromatic heterocycles. The summed E-state index contributed by atoms with van der Waals surface area (Å²) >= 11 is 6.05. The second-order valence-electron chi connectivity index (χ2n) is 3.98. The van der Waals surface area contributed by atoms with Gasteiger partial charge in [0.15, 0.2) is 0 Å². The van der Waals surface area contributed by atoms with Gasteiger partial charge in [-0.15, -0.1) is 0 Å². The first-order valence-electron chi connectivity index (χ1n) is 5.55. The van der Waals surface area contributed by atoms with Gasteiger partial charge in [0.05, 0.1) is 0 Å². The number of hydrogen-bond acceptors (Lipinski definition) is 1. The van der Waals surface area contributed by atoms with Gasteiger partial charge >= 0.3 is 0 Å². The minimum atomic E-state index is -0.623. The Morgan fingerprint density at radius 2 is 1.78 bits per heavy atom. The first-order valence-corrected chi connectivity index (χ1v) is 5.93. The molecule has 2 aromatic rings. The van der Waals surface area contributed by atoms with Crippen LogP contribution in [-0.4, -0.2) is 6.54 Å². The van der Waals surface area contributed by atoms with Crippen molar-refractivity contribution >= 4 is 11.6 Å². The van der Waals surface area contributed by atoms with E-state index in [-0.39, 0.29) is 0 Å². The van der Waals surface area contributed by atoms with Crippen LogP contribution >= 0.6 is 11.6 Å². The molecule has 0 amide bonds. The van der Waals surface area contributed by atoms with Gasteiger partial charge in [0.25, 0.3) is 0 Å². The average Bonchev–Trinajstić information content (AvgIpc) is 2.33. The van der Waals surface area contributed by atoms with Crippen molar-refractivity contribution < 1.29 is 8.78 Å². The number of benzene rings is 2. The molecule has 1 nitrogen and oxygen atoms in total. The Labute approximate surface area is 109 Å². The van der Waals surface area contributed by atoms with Crippen molar-refractivity contribution in [3.8, 4) is 11.1 Å². The monoisotopic (exact) mass is 267 g/mol. The van der Waals surface area contributed by atoms with Gasteiger partial charge in [0, 0.05) is 22.2 Å². The van der Waals surface area contributed by atoms with Crippen LogP contribution in [0, 0.1) is 11.6 Å². The van der Waals surface area contributed by atoms with Gasteiger partial charge < -0.3 is 5.73 Å². The zero-order valence-corrected chi connectivity index (χ0v) is 10.3. The third-order valence-corrected chi connectivity index (χ3v) is 3.01. The zero-order valence-electron chi connectivity index (χ0n) is 9.59. The molecule has 0 fully saturated rings. The molecule has 0 aliphatic carbocycles. The van der Waals surface area contributed by atoms with E-state index in [9.17, 15) is 8.78 Å². The predicted octanol–water partition coefficient (Wildman–Crippen LogP) is 3.79. The Morgan fingerprint density at radius 3 is 2.44 bits per heavy atom. The lowest BCUT2D eigenvalue weighted by Gasteiger charge is -2.08. The van der Waals surface area contributed by atoms with Crippen LogP contribution in [-0.2, 0) is 6.42 Å². The largest absolute Gasteiger partial charge is 0.330 e. The van der Waals surface area contributed by atoms with E-state index >= 15 is 0 Å². The van der Waals surface area contributed by atoms with E-state index in [2.05, 4.69) is 0 Å². The SMILES string of the molecule is NCCc1ccc(Cl)c(-c2ccc(F)cc2F)c1. The standard InChI is InChI=1S/C14H12ClF2N/c15-13-4-1-9(5-6-18)7-12(13)11-3-2-10(16)8-14(11)17/h1-4,7-8H,5-6,18H2. The molecular weight excluding hydrogens is 256 g/mol. The lowest BCUT2D eigenvalue weighted by molar-refractivity contribution is 0.585. The minimum absolute atomic E-state index is 0.292. The van der Waals surface area contributed by atoms with E-state index in [0.29, 0.717) is 29.1 Å². The normalized spacial score (nSPS) is 10.7. The van der Waals surface area contributed by atoms with Gasteiger partial charge in [0.1, 0.15) is 11.6 Å². The fraction of sp³-hybridized carbons (Fsp3) is 0.143. The number of rotatable bonds is 3. The minimum Gasteiger partial charge on any atom is -0.330 e. The Balaban J connectivity index is 2.51. The van der Waals surface area contributed by atoms with Crippen LogP contribution in [0.5, 0.6) is 0 Å². The molecular formula is C14H12ClF2N. The zero-order chi connectivity index (χ0) is 13.1. The van der Waals surface area contributed by atoms with Crippen molar-refractivity contribution in [3.63, 3.8) is 0 Å². The van der Waals surface area contributed by atoms with Crippen molar-refractivity contribution in [3.05, 3.63) is 58.6 Å². The van der Waals surface area contributed by atoms with Crippen LogP contribution in [0.3, 0.4) is 0 Å². The maximum atomic E-state index is 13.7. The summed E-state index contributed by atoms with van der Waals surface area (Å²) in [7, 11) is 0. The molecule has 0 aliphatic rings. The highest BCUT2D eigenvalue weighted by atomic mass is 35.5. The molecule has 2 N–H and O–H groups in total. The second kappa shape index (κ2) is 5.46. The molecule has 94 valence electrons. The molecule has 0 radical (unpaired) electrons. The van der Waals surface area contributed by atoms with Crippen LogP contribution < -0.4 is 5.73 Å². The first-order chi connectivity index (χ1) is 8.61. The first kappa shape index (κ1) is 13.0. The van der Waals surface area contributed by atoms with Crippen LogP contribution in [0.25, 0.3) is 11.1 Å². The van der Waals surface area contributed by atoms with E-state index in [1.165, 1.54) is 12.1 Å². The summed E-state index contributed by atoms with van der Waals surface area (Å²) in [4.78, 5) is 0. The molecule has 2 aromatic carbocycles. The summed E-state index contributed by atoms with van der Waals surface area (Å²) in [5, 5.41) is 0.432. The summed E-state index contributed by atoms with van der Waals surface area (Å²) in [6.45, 7) is 0.507. The van der Waals surface area contributed by atoms with Crippen LogP contribution in [0.2, 0.25) is 5.02 Å². The molecule has 0 unspecified atom stereocenters. The van der Waals surface area contributed by atoms with Crippen LogP contribution in [0.4, 0.5) is 8.78 Å². The average molecular weight is 268 g/mol. The van der Waals surface area contributed by atoms with Gasteiger partial charge in [0.2, 0.25) is 0 Å². The van der Waals surface area contributed by atoms with E-state index < -0.39 is 11.6 Å². The fourth-order valence-electron chi connectivity index (χ4n) is 1.81. The highest BCUT2D eigenvalue weighted by Crippen LogP contribution is 2.31. The van der Waals surface area contributed by atoms with E-state index in [1.54, 1.807) is 12.1 Å². The van der Waals surface area contributed by atoms with Gasteiger partial charge in [-0.1, -0.05) is 17.7 Å². The Kier molecular flexibility index (Phi) is 3.94. The summed E-state index contributed by atoms with van der Waals surface area (Å²) in [6, 6.07) is 8.78. The topological polar surface area (TPSA) is 26.0 Å². The quantitative estimate of drug-likeness (QED) is 0.900. The lowest BCUT2D eigenvalue weighted by atomic mass is 10.0. The highest BCUT2D eigenvalue weighted by molar-refractivity contribution is 6.33. The smallest absolute Gasteiger partial charge is 0.133 e. The van der Waals surface area contributed by atoms with Crippen LogP contribution in [0.15, 0.2) is 36.4 Å². The van der Waals surface area contributed by atoms with Crippen molar-refractivity contribution in [2.75, 3.05) is 6.54 Å². The molecule has 18 heavy (non-hydrogen) atoms. The molecule has 0 saturated heterocycles. The number of nitrogens with two attached hydrogens (primary N) is 1.